The van der Waals surface area contributed by atoms with Crippen molar-refractivity contribution in [3.8, 4) is 11.5 Å². The number of fused-ring (bicyclic) bond motifs is 1. The largest absolute Gasteiger partial charge is 0.497 e. The zero-order chi connectivity index (χ0) is 12.6. The van der Waals surface area contributed by atoms with Crippen LogP contribution in [0.25, 0.3) is 0 Å². The fraction of sp³-hybridized carbons (Fsp3) is 0.571. The molecule has 1 aromatic rings. The fourth-order valence-electron chi connectivity index (χ4n) is 2.91. The monoisotopic (exact) mass is 249 g/mol. The Morgan fingerprint density at radius 3 is 2.94 bits per heavy atom. The van der Waals surface area contributed by atoms with Crippen LogP contribution < -0.4 is 14.8 Å². The Morgan fingerprint density at radius 1 is 1.39 bits per heavy atom. The van der Waals surface area contributed by atoms with E-state index in [0.29, 0.717) is 0 Å². The molecule has 3 rings (SSSR count). The number of nitrogens with one attached hydrogen (secondary N) is 1. The normalized spacial score (nSPS) is 30.0. The van der Waals surface area contributed by atoms with Gasteiger partial charge < -0.3 is 19.5 Å². The number of hydrogen-bond donors (Lipinski definition) is 1. The highest BCUT2D eigenvalue weighted by atomic mass is 16.5. The van der Waals surface area contributed by atoms with Crippen LogP contribution >= 0.6 is 0 Å². The Hall–Kier alpha value is -1.26. The molecule has 1 N–H and O–H groups in total. The Labute approximate surface area is 107 Å². The number of ether oxygens (including phenoxy) is 3. The zero-order valence-corrected chi connectivity index (χ0v) is 10.9. The first-order valence-electron chi connectivity index (χ1n) is 6.37. The Kier molecular flexibility index (Phi) is 2.92. The van der Waals surface area contributed by atoms with E-state index in [9.17, 15) is 0 Å². The maximum absolute atomic E-state index is 6.21. The summed E-state index contributed by atoms with van der Waals surface area (Å²) in [6, 6.07) is 5.94. The van der Waals surface area contributed by atoms with Crippen molar-refractivity contribution in [2.75, 3.05) is 27.3 Å². The predicted octanol–water partition coefficient (Wildman–Crippen LogP) is 1.90. The third-order valence-electron chi connectivity index (χ3n) is 3.94. The van der Waals surface area contributed by atoms with Crippen LogP contribution in [0.4, 0.5) is 0 Å². The lowest BCUT2D eigenvalue weighted by Crippen LogP contribution is -2.43. The summed E-state index contributed by atoms with van der Waals surface area (Å²) >= 11 is 0. The highest BCUT2D eigenvalue weighted by Gasteiger charge is 2.43. The van der Waals surface area contributed by atoms with Gasteiger partial charge in [0.15, 0.2) is 0 Å². The average Bonchev–Trinajstić information content (AvgIpc) is 2.85. The molecule has 0 bridgehead atoms. The molecule has 1 aromatic carbocycles. The third-order valence-corrected chi connectivity index (χ3v) is 3.94. The highest BCUT2D eigenvalue weighted by molar-refractivity contribution is 5.44. The predicted molar refractivity (Wildman–Crippen MR) is 68.2 cm³/mol. The number of methoxy groups -OCH3 is 2. The minimum atomic E-state index is -0.0950. The van der Waals surface area contributed by atoms with E-state index in [-0.39, 0.29) is 11.7 Å². The lowest BCUT2D eigenvalue weighted by Gasteiger charge is -2.39. The minimum Gasteiger partial charge on any atom is -0.497 e. The van der Waals surface area contributed by atoms with Crippen LogP contribution in [0.1, 0.15) is 24.5 Å². The Bertz CT molecular complexity index is 441. The van der Waals surface area contributed by atoms with Crippen LogP contribution in [0.5, 0.6) is 11.5 Å². The van der Waals surface area contributed by atoms with Crippen molar-refractivity contribution in [3.05, 3.63) is 23.8 Å². The molecule has 2 aliphatic rings. The number of benzene rings is 1. The standard InChI is InChI=1S/C14H19NO3/c1-16-10-3-4-12-11(7-10)13(17-2)8-14(18-12)5-6-15-9-14/h3-4,7,13,15H,5-6,8-9H2,1-2H3. The highest BCUT2D eigenvalue weighted by Crippen LogP contribution is 2.44. The van der Waals surface area contributed by atoms with Gasteiger partial charge >= 0.3 is 0 Å². The molecule has 18 heavy (non-hydrogen) atoms. The molecule has 1 fully saturated rings. The summed E-state index contributed by atoms with van der Waals surface area (Å²) in [6.07, 6.45) is 2.03. The van der Waals surface area contributed by atoms with Gasteiger partial charge in [0.1, 0.15) is 17.1 Å². The molecule has 1 saturated heterocycles. The van der Waals surface area contributed by atoms with Gasteiger partial charge in [0.2, 0.25) is 0 Å². The first-order chi connectivity index (χ1) is 8.76. The van der Waals surface area contributed by atoms with E-state index in [1.54, 1.807) is 14.2 Å². The van der Waals surface area contributed by atoms with Gasteiger partial charge in [-0.2, -0.15) is 0 Å². The molecule has 2 heterocycles. The first-order valence-corrected chi connectivity index (χ1v) is 6.37. The summed E-state index contributed by atoms with van der Waals surface area (Å²) < 4.78 is 17.1. The third kappa shape index (κ3) is 1.85. The van der Waals surface area contributed by atoms with Gasteiger partial charge in [-0.15, -0.1) is 0 Å². The molecule has 0 radical (unpaired) electrons. The van der Waals surface area contributed by atoms with Crippen molar-refractivity contribution >= 4 is 0 Å². The van der Waals surface area contributed by atoms with E-state index < -0.39 is 0 Å². The van der Waals surface area contributed by atoms with E-state index >= 15 is 0 Å². The van der Waals surface area contributed by atoms with Crippen LogP contribution in [0.15, 0.2) is 18.2 Å². The van der Waals surface area contributed by atoms with Crippen LogP contribution in [-0.2, 0) is 4.74 Å². The van der Waals surface area contributed by atoms with Gasteiger partial charge in [0, 0.05) is 32.1 Å². The van der Waals surface area contributed by atoms with Gasteiger partial charge in [-0.3, -0.25) is 0 Å². The second-order valence-corrected chi connectivity index (χ2v) is 5.04. The fourth-order valence-corrected chi connectivity index (χ4v) is 2.91. The smallest absolute Gasteiger partial charge is 0.126 e. The Morgan fingerprint density at radius 2 is 2.28 bits per heavy atom. The van der Waals surface area contributed by atoms with Crippen molar-refractivity contribution in [2.24, 2.45) is 0 Å². The van der Waals surface area contributed by atoms with Gasteiger partial charge in [-0.1, -0.05) is 0 Å². The summed E-state index contributed by atoms with van der Waals surface area (Å²) in [6.45, 7) is 1.92. The van der Waals surface area contributed by atoms with Crippen LogP contribution in [0.3, 0.4) is 0 Å². The Balaban J connectivity index is 1.98. The molecular formula is C14H19NO3. The SMILES string of the molecule is COc1ccc2c(c1)C(OC)CC1(CCNC1)O2. The maximum atomic E-state index is 6.21. The van der Waals surface area contributed by atoms with Gasteiger partial charge in [-0.05, 0) is 24.7 Å². The molecule has 0 amide bonds. The van der Waals surface area contributed by atoms with E-state index in [0.717, 1.165) is 43.0 Å². The van der Waals surface area contributed by atoms with Crippen LogP contribution in [0, 0.1) is 0 Å². The quantitative estimate of drug-likeness (QED) is 0.869. The molecule has 0 saturated carbocycles. The van der Waals surface area contributed by atoms with E-state index in [1.165, 1.54) is 0 Å². The van der Waals surface area contributed by atoms with Crippen molar-refractivity contribution < 1.29 is 14.2 Å². The van der Waals surface area contributed by atoms with Gasteiger partial charge in [0.25, 0.3) is 0 Å². The zero-order valence-electron chi connectivity index (χ0n) is 10.9. The second kappa shape index (κ2) is 4.44. The molecule has 98 valence electrons. The van der Waals surface area contributed by atoms with Gasteiger partial charge in [-0.25, -0.2) is 0 Å². The summed E-state index contributed by atoms with van der Waals surface area (Å²) in [5.41, 5.74) is 0.997. The lowest BCUT2D eigenvalue weighted by atomic mass is 9.88. The minimum absolute atomic E-state index is 0.0868. The van der Waals surface area contributed by atoms with E-state index in [2.05, 4.69) is 5.32 Å². The van der Waals surface area contributed by atoms with E-state index in [4.69, 9.17) is 14.2 Å². The molecule has 1 spiro atoms. The summed E-state index contributed by atoms with van der Waals surface area (Å²) in [4.78, 5) is 0. The summed E-state index contributed by atoms with van der Waals surface area (Å²) in [7, 11) is 3.44. The van der Waals surface area contributed by atoms with Crippen LogP contribution in [-0.4, -0.2) is 32.9 Å². The lowest BCUT2D eigenvalue weighted by molar-refractivity contribution is -0.0204. The van der Waals surface area contributed by atoms with Crippen LogP contribution in [0.2, 0.25) is 0 Å². The summed E-state index contributed by atoms with van der Waals surface area (Å²) in [5, 5.41) is 3.38. The average molecular weight is 249 g/mol. The number of hydrogen-bond acceptors (Lipinski definition) is 4. The van der Waals surface area contributed by atoms with E-state index in [1.807, 2.05) is 18.2 Å². The van der Waals surface area contributed by atoms with Crippen molar-refractivity contribution in [2.45, 2.75) is 24.5 Å². The molecule has 2 atom stereocenters. The number of rotatable bonds is 2. The molecule has 2 aliphatic heterocycles. The van der Waals surface area contributed by atoms with Gasteiger partial charge in [0.05, 0.1) is 13.2 Å². The second-order valence-electron chi connectivity index (χ2n) is 5.04. The molecule has 0 aliphatic carbocycles. The maximum Gasteiger partial charge on any atom is 0.126 e. The van der Waals surface area contributed by atoms with Crippen molar-refractivity contribution in [3.63, 3.8) is 0 Å². The summed E-state index contributed by atoms with van der Waals surface area (Å²) in [5.74, 6) is 1.78. The molecular weight excluding hydrogens is 230 g/mol. The molecule has 2 unspecified atom stereocenters. The van der Waals surface area contributed by atoms with Crippen molar-refractivity contribution in [1.82, 2.24) is 5.32 Å². The molecule has 4 nitrogen and oxygen atoms in total. The molecule has 4 heteroatoms. The topological polar surface area (TPSA) is 39.7 Å². The molecule has 0 aromatic heterocycles. The van der Waals surface area contributed by atoms with Crippen molar-refractivity contribution in [1.29, 1.82) is 0 Å². The first kappa shape index (κ1) is 11.8.